The van der Waals surface area contributed by atoms with Crippen LogP contribution in [0.5, 0.6) is 28.7 Å². The maximum Gasteiger partial charge on any atom is 0.317 e. The van der Waals surface area contributed by atoms with Gasteiger partial charge in [-0.25, -0.2) is 0 Å². The van der Waals surface area contributed by atoms with Crippen LogP contribution < -0.4 is 23.7 Å². The Morgan fingerprint density at radius 3 is 2.49 bits per heavy atom. The van der Waals surface area contributed by atoms with Crippen LogP contribution in [0, 0.1) is 0 Å². The summed E-state index contributed by atoms with van der Waals surface area (Å²) in [6, 6.07) is 8.50. The first-order valence-corrected chi connectivity index (χ1v) is 11.9. The fourth-order valence-electron chi connectivity index (χ4n) is 4.35. The number of carboxylic acid groups (broad SMARTS) is 1. The van der Waals surface area contributed by atoms with Crippen molar-refractivity contribution >= 4 is 23.6 Å². The molecule has 0 unspecified atom stereocenters. The Morgan fingerprint density at radius 1 is 0.974 bits per heavy atom. The molecule has 4 N–H and O–H groups in total. The van der Waals surface area contributed by atoms with Gasteiger partial charge in [-0.2, -0.15) is 0 Å². The predicted molar refractivity (Wildman–Crippen MR) is 129 cm³/mol. The molecule has 0 saturated carbocycles. The highest BCUT2D eigenvalue weighted by atomic mass is 16.7. The number of aliphatic hydroxyl groups is 3. The van der Waals surface area contributed by atoms with Crippen molar-refractivity contribution in [2.45, 2.75) is 37.1 Å². The van der Waals surface area contributed by atoms with Gasteiger partial charge in [-0.15, -0.1) is 0 Å². The predicted octanol–water partition coefficient (Wildman–Crippen LogP) is 0.561. The average molecular weight is 546 g/mol. The second-order valence-corrected chi connectivity index (χ2v) is 8.95. The minimum absolute atomic E-state index is 0.134. The van der Waals surface area contributed by atoms with Gasteiger partial charge >= 0.3 is 11.9 Å². The number of carboxylic acids is 1. The van der Waals surface area contributed by atoms with Crippen LogP contribution in [-0.4, -0.2) is 90.2 Å². The number of carbonyl (C=O) groups excluding carboxylic acids is 1. The molecule has 2 aromatic rings. The SMILES string of the molecule is COc1cc2c(cc1C1=Cc3ccc(O[C@@H]4O[C@H](COC(=O)CC(=O)O)[C@@H](O)[C@H](O)[C@H]4O)cc3OC1)OCO2. The number of methoxy groups -OCH3 is 1. The van der Waals surface area contributed by atoms with Crippen molar-refractivity contribution in [2.24, 2.45) is 0 Å². The van der Waals surface area contributed by atoms with Gasteiger partial charge in [0.25, 0.3) is 0 Å². The Balaban J connectivity index is 1.29. The number of benzene rings is 2. The van der Waals surface area contributed by atoms with Gasteiger partial charge in [0.1, 0.15) is 61.3 Å². The molecule has 5 atom stereocenters. The number of hydrogen-bond donors (Lipinski definition) is 4. The van der Waals surface area contributed by atoms with Crippen LogP contribution >= 0.6 is 0 Å². The lowest BCUT2D eigenvalue weighted by Gasteiger charge is -2.39. The van der Waals surface area contributed by atoms with Crippen LogP contribution in [0.2, 0.25) is 0 Å². The molecule has 1 saturated heterocycles. The molecule has 0 aliphatic carbocycles. The molecule has 0 aromatic heterocycles. The maximum absolute atomic E-state index is 11.5. The highest BCUT2D eigenvalue weighted by molar-refractivity contribution is 5.90. The van der Waals surface area contributed by atoms with Gasteiger partial charge in [0.05, 0.1) is 7.11 Å². The Hall–Kier alpha value is -4.04. The molecule has 3 aliphatic rings. The van der Waals surface area contributed by atoms with Gasteiger partial charge < -0.3 is 53.6 Å². The lowest BCUT2D eigenvalue weighted by atomic mass is 9.99. The molecule has 3 heterocycles. The fourth-order valence-corrected chi connectivity index (χ4v) is 4.35. The molecular formula is C26H26O13. The second kappa shape index (κ2) is 11.0. The molecule has 0 radical (unpaired) electrons. The van der Waals surface area contributed by atoms with Gasteiger partial charge in [0.2, 0.25) is 13.1 Å². The molecule has 2 aromatic carbocycles. The smallest absolute Gasteiger partial charge is 0.317 e. The average Bonchev–Trinajstić information content (AvgIpc) is 3.38. The summed E-state index contributed by atoms with van der Waals surface area (Å²) in [6.07, 6.45) is -6.58. The molecule has 13 heteroatoms. The minimum Gasteiger partial charge on any atom is -0.496 e. The molecule has 0 spiro atoms. The van der Waals surface area contributed by atoms with E-state index in [-0.39, 0.29) is 19.1 Å². The van der Waals surface area contributed by atoms with Crippen LogP contribution in [0.3, 0.4) is 0 Å². The van der Waals surface area contributed by atoms with Crippen molar-refractivity contribution in [2.75, 3.05) is 27.1 Å². The monoisotopic (exact) mass is 546 g/mol. The van der Waals surface area contributed by atoms with Gasteiger partial charge in [-0.1, -0.05) is 0 Å². The summed E-state index contributed by atoms with van der Waals surface area (Å²) in [6.45, 7) is -0.208. The lowest BCUT2D eigenvalue weighted by molar-refractivity contribution is -0.278. The number of fused-ring (bicyclic) bond motifs is 2. The number of esters is 1. The van der Waals surface area contributed by atoms with Crippen LogP contribution in [0.1, 0.15) is 17.5 Å². The first kappa shape index (κ1) is 26.6. The summed E-state index contributed by atoms with van der Waals surface area (Å²) in [5.41, 5.74) is 2.37. The van der Waals surface area contributed by atoms with E-state index in [4.69, 9.17) is 38.3 Å². The molecule has 5 rings (SSSR count). The molecule has 208 valence electrons. The van der Waals surface area contributed by atoms with Crippen molar-refractivity contribution in [1.82, 2.24) is 0 Å². The van der Waals surface area contributed by atoms with Gasteiger partial charge in [-0.05, 0) is 24.3 Å². The number of ether oxygens (including phenoxy) is 7. The second-order valence-electron chi connectivity index (χ2n) is 8.95. The fraction of sp³-hybridized carbons (Fsp3) is 0.385. The number of aliphatic carboxylic acids is 1. The van der Waals surface area contributed by atoms with Gasteiger partial charge in [0.15, 0.2) is 11.5 Å². The van der Waals surface area contributed by atoms with E-state index in [2.05, 4.69) is 0 Å². The Kier molecular flexibility index (Phi) is 7.48. The van der Waals surface area contributed by atoms with Crippen molar-refractivity contribution in [1.29, 1.82) is 0 Å². The molecule has 1 fully saturated rings. The molecule has 3 aliphatic heterocycles. The zero-order valence-corrected chi connectivity index (χ0v) is 20.6. The summed E-state index contributed by atoms with van der Waals surface area (Å²) in [4.78, 5) is 22.2. The van der Waals surface area contributed by atoms with Crippen molar-refractivity contribution in [3.63, 3.8) is 0 Å². The summed E-state index contributed by atoms with van der Waals surface area (Å²) in [5.74, 6) is 0.101. The number of rotatable bonds is 8. The van der Waals surface area contributed by atoms with E-state index >= 15 is 0 Å². The van der Waals surface area contributed by atoms with Crippen molar-refractivity contribution in [3.8, 4) is 28.7 Å². The van der Waals surface area contributed by atoms with E-state index in [0.717, 1.165) is 16.7 Å². The zero-order chi connectivity index (χ0) is 27.7. The van der Waals surface area contributed by atoms with E-state index in [1.165, 1.54) is 0 Å². The minimum atomic E-state index is -1.68. The third kappa shape index (κ3) is 5.56. The van der Waals surface area contributed by atoms with Crippen molar-refractivity contribution in [3.05, 3.63) is 41.5 Å². The van der Waals surface area contributed by atoms with E-state index < -0.39 is 55.7 Å². The third-order valence-corrected chi connectivity index (χ3v) is 6.36. The first-order chi connectivity index (χ1) is 18.7. The van der Waals surface area contributed by atoms with Crippen LogP contribution in [0.25, 0.3) is 11.6 Å². The number of carbonyl (C=O) groups is 2. The van der Waals surface area contributed by atoms with Crippen molar-refractivity contribution < 1.29 is 63.2 Å². The highest BCUT2D eigenvalue weighted by Gasteiger charge is 2.45. The summed E-state index contributed by atoms with van der Waals surface area (Å²) in [7, 11) is 1.56. The third-order valence-electron chi connectivity index (χ3n) is 6.36. The quantitative estimate of drug-likeness (QED) is 0.267. The Morgan fingerprint density at radius 2 is 1.74 bits per heavy atom. The highest BCUT2D eigenvalue weighted by Crippen LogP contribution is 2.43. The number of aliphatic hydroxyl groups excluding tert-OH is 3. The van der Waals surface area contributed by atoms with E-state index in [1.54, 1.807) is 31.4 Å². The number of hydrogen-bond acceptors (Lipinski definition) is 12. The largest absolute Gasteiger partial charge is 0.496 e. The van der Waals surface area contributed by atoms with Crippen LogP contribution in [-0.2, 0) is 19.1 Å². The standard InChI is InChI=1S/C26H26O13/c1-33-17-7-19-18(36-11-37-19)6-15(17)13-4-12-2-3-14(5-16(12)34-9-13)38-26-25(32)24(31)23(30)20(39-26)10-35-22(29)8-21(27)28/h2-7,20,23-26,30-32H,8-11H2,1H3,(H,27,28)/t20-,23-,24+,25-,26-/m1/s1. The molecular weight excluding hydrogens is 520 g/mol. The topological polar surface area (TPSA) is 180 Å². The molecule has 0 bridgehead atoms. The van der Waals surface area contributed by atoms with E-state index in [0.29, 0.717) is 23.0 Å². The van der Waals surface area contributed by atoms with E-state index in [1.807, 2.05) is 12.1 Å². The normalized spacial score (nSPS) is 25.1. The summed E-state index contributed by atoms with van der Waals surface area (Å²) < 4.78 is 38.4. The zero-order valence-electron chi connectivity index (χ0n) is 20.6. The summed E-state index contributed by atoms with van der Waals surface area (Å²) >= 11 is 0. The first-order valence-electron chi connectivity index (χ1n) is 11.9. The van der Waals surface area contributed by atoms with Gasteiger partial charge in [0, 0.05) is 28.8 Å². The molecule has 13 nitrogen and oxygen atoms in total. The lowest BCUT2D eigenvalue weighted by Crippen LogP contribution is -2.60. The Bertz CT molecular complexity index is 1290. The molecule has 0 amide bonds. The summed E-state index contributed by atoms with van der Waals surface area (Å²) in [5, 5.41) is 39.5. The Labute approximate surface area is 221 Å². The maximum atomic E-state index is 11.5. The van der Waals surface area contributed by atoms with Crippen LogP contribution in [0.15, 0.2) is 30.3 Å². The van der Waals surface area contributed by atoms with E-state index in [9.17, 15) is 24.9 Å². The molecule has 39 heavy (non-hydrogen) atoms. The van der Waals surface area contributed by atoms with Crippen LogP contribution in [0.4, 0.5) is 0 Å². The van der Waals surface area contributed by atoms with Gasteiger partial charge in [-0.3, -0.25) is 9.59 Å².